The molecule has 2 aromatic carbocycles. The molecule has 0 aromatic heterocycles. The molecule has 1 aliphatic rings. The maximum absolute atomic E-state index is 11.9. The first-order valence-electron chi connectivity index (χ1n) is 9.20. The van der Waals surface area contributed by atoms with Crippen molar-refractivity contribution >= 4 is 29.1 Å². The summed E-state index contributed by atoms with van der Waals surface area (Å²) in [6.45, 7) is 3.94. The monoisotopic (exact) mass is 422 g/mol. The van der Waals surface area contributed by atoms with E-state index in [1.807, 2.05) is 24.3 Å². The zero-order valence-corrected chi connectivity index (χ0v) is 17.3. The van der Waals surface area contributed by atoms with Crippen LogP contribution < -0.4 is 10.1 Å². The first kappa shape index (κ1) is 20.9. The Hall–Kier alpha value is -1.79. The molecule has 28 heavy (non-hydrogen) atoms. The SMILES string of the molecule is COCCNC(=O)C1CN(Cc2ccc(OCc3ccc(Cl)c(Cl)c3)cc2)C1. The van der Waals surface area contributed by atoms with E-state index in [2.05, 4.69) is 22.3 Å². The average Bonchev–Trinajstić information content (AvgIpc) is 2.66. The molecule has 3 rings (SSSR count). The number of nitrogens with one attached hydrogen (secondary N) is 1. The third-order valence-electron chi connectivity index (χ3n) is 4.65. The summed E-state index contributed by atoms with van der Waals surface area (Å²) >= 11 is 11.9. The van der Waals surface area contributed by atoms with Crippen LogP contribution in [0.3, 0.4) is 0 Å². The Bertz CT molecular complexity index is 793. The highest BCUT2D eigenvalue weighted by molar-refractivity contribution is 6.42. The van der Waals surface area contributed by atoms with Gasteiger partial charge in [-0.05, 0) is 35.4 Å². The van der Waals surface area contributed by atoms with Crippen molar-refractivity contribution < 1.29 is 14.3 Å². The van der Waals surface area contributed by atoms with Crippen LogP contribution in [0.2, 0.25) is 10.0 Å². The van der Waals surface area contributed by atoms with Crippen molar-refractivity contribution in [3.8, 4) is 5.75 Å². The molecule has 0 atom stereocenters. The van der Waals surface area contributed by atoms with E-state index in [9.17, 15) is 4.79 Å². The molecule has 0 radical (unpaired) electrons. The number of halogens is 2. The van der Waals surface area contributed by atoms with Gasteiger partial charge in [0.1, 0.15) is 12.4 Å². The minimum atomic E-state index is 0.0747. The number of methoxy groups -OCH3 is 1. The molecule has 1 fully saturated rings. The quantitative estimate of drug-likeness (QED) is 0.624. The maximum Gasteiger partial charge on any atom is 0.225 e. The molecule has 1 aliphatic heterocycles. The molecule has 7 heteroatoms. The third-order valence-corrected chi connectivity index (χ3v) is 5.39. The van der Waals surface area contributed by atoms with Crippen LogP contribution >= 0.6 is 23.2 Å². The molecule has 0 saturated carbocycles. The second-order valence-corrected chi connectivity index (χ2v) is 7.67. The molecule has 0 spiro atoms. The van der Waals surface area contributed by atoms with Crippen LogP contribution in [0.1, 0.15) is 11.1 Å². The molecule has 1 amide bonds. The smallest absolute Gasteiger partial charge is 0.225 e. The van der Waals surface area contributed by atoms with E-state index >= 15 is 0 Å². The number of carbonyl (C=O) groups is 1. The van der Waals surface area contributed by atoms with Gasteiger partial charge in [-0.15, -0.1) is 0 Å². The number of amides is 1. The minimum Gasteiger partial charge on any atom is -0.489 e. The van der Waals surface area contributed by atoms with Gasteiger partial charge in [0.25, 0.3) is 0 Å². The summed E-state index contributed by atoms with van der Waals surface area (Å²) in [7, 11) is 1.63. The normalized spacial score (nSPS) is 14.5. The standard InChI is InChI=1S/C21H24Cl2N2O3/c1-27-9-8-24-21(26)17-12-25(13-17)11-15-2-5-18(6-3-15)28-14-16-4-7-19(22)20(23)10-16/h2-7,10,17H,8-9,11-14H2,1H3,(H,24,26). The van der Waals surface area contributed by atoms with Crippen LogP contribution in [0.15, 0.2) is 42.5 Å². The van der Waals surface area contributed by atoms with Crippen molar-refractivity contribution in [2.24, 2.45) is 5.92 Å². The summed E-state index contributed by atoms with van der Waals surface area (Å²) < 4.78 is 10.7. The predicted octanol–water partition coefficient (Wildman–Crippen LogP) is 3.77. The molecule has 150 valence electrons. The van der Waals surface area contributed by atoms with Gasteiger partial charge in [0.2, 0.25) is 5.91 Å². The van der Waals surface area contributed by atoms with E-state index < -0.39 is 0 Å². The molecule has 1 heterocycles. The zero-order valence-electron chi connectivity index (χ0n) is 15.8. The van der Waals surface area contributed by atoms with E-state index in [1.165, 1.54) is 5.56 Å². The van der Waals surface area contributed by atoms with Gasteiger partial charge in [0, 0.05) is 33.3 Å². The lowest BCUT2D eigenvalue weighted by molar-refractivity contribution is -0.130. The summed E-state index contributed by atoms with van der Waals surface area (Å²) in [4.78, 5) is 14.2. The molecule has 1 N–H and O–H groups in total. The lowest BCUT2D eigenvalue weighted by Crippen LogP contribution is -2.53. The second kappa shape index (κ2) is 10.1. The Morgan fingerprint density at radius 2 is 1.82 bits per heavy atom. The van der Waals surface area contributed by atoms with E-state index in [4.69, 9.17) is 32.7 Å². The van der Waals surface area contributed by atoms with Crippen LogP contribution in [-0.2, 0) is 22.7 Å². The Morgan fingerprint density at radius 1 is 1.11 bits per heavy atom. The fraction of sp³-hybridized carbons (Fsp3) is 0.381. The molecule has 2 aromatic rings. The number of hydrogen-bond acceptors (Lipinski definition) is 4. The van der Waals surface area contributed by atoms with Gasteiger partial charge in [-0.3, -0.25) is 9.69 Å². The van der Waals surface area contributed by atoms with Crippen LogP contribution in [0.4, 0.5) is 0 Å². The van der Waals surface area contributed by atoms with Gasteiger partial charge in [0.05, 0.1) is 22.6 Å². The fourth-order valence-electron chi connectivity index (χ4n) is 3.03. The number of ether oxygens (including phenoxy) is 2. The Labute approximate surface area is 175 Å². The molecule has 0 bridgehead atoms. The number of benzene rings is 2. The topological polar surface area (TPSA) is 50.8 Å². The fourth-order valence-corrected chi connectivity index (χ4v) is 3.35. The highest BCUT2D eigenvalue weighted by Crippen LogP contribution is 2.24. The zero-order chi connectivity index (χ0) is 19.9. The molecular formula is C21H24Cl2N2O3. The summed E-state index contributed by atoms with van der Waals surface area (Å²) in [6, 6.07) is 13.5. The first-order valence-corrected chi connectivity index (χ1v) is 9.95. The van der Waals surface area contributed by atoms with Crippen LogP contribution in [0.25, 0.3) is 0 Å². The van der Waals surface area contributed by atoms with Gasteiger partial charge in [0.15, 0.2) is 0 Å². The molecule has 1 saturated heterocycles. The van der Waals surface area contributed by atoms with E-state index in [0.29, 0.717) is 29.8 Å². The first-order chi connectivity index (χ1) is 13.5. The van der Waals surface area contributed by atoms with Crippen molar-refractivity contribution in [2.75, 3.05) is 33.4 Å². The number of nitrogens with zero attached hydrogens (tertiary/aromatic N) is 1. The molecule has 5 nitrogen and oxygen atoms in total. The summed E-state index contributed by atoms with van der Waals surface area (Å²) in [5.41, 5.74) is 2.16. The number of rotatable bonds is 9. The van der Waals surface area contributed by atoms with E-state index in [1.54, 1.807) is 13.2 Å². The van der Waals surface area contributed by atoms with Crippen molar-refractivity contribution in [1.29, 1.82) is 0 Å². The van der Waals surface area contributed by atoms with Gasteiger partial charge >= 0.3 is 0 Å². The summed E-state index contributed by atoms with van der Waals surface area (Å²) in [5, 5.41) is 3.95. The molecule has 0 aliphatic carbocycles. The largest absolute Gasteiger partial charge is 0.489 e. The average molecular weight is 423 g/mol. The Balaban J connectivity index is 1.40. The Kier molecular flexibility index (Phi) is 7.57. The van der Waals surface area contributed by atoms with Gasteiger partial charge in [-0.1, -0.05) is 41.4 Å². The summed E-state index contributed by atoms with van der Waals surface area (Å²) in [6.07, 6.45) is 0. The van der Waals surface area contributed by atoms with Gasteiger partial charge in [-0.2, -0.15) is 0 Å². The highest BCUT2D eigenvalue weighted by atomic mass is 35.5. The van der Waals surface area contributed by atoms with Gasteiger partial charge < -0.3 is 14.8 Å². The number of hydrogen-bond donors (Lipinski definition) is 1. The Morgan fingerprint density at radius 3 is 2.50 bits per heavy atom. The highest BCUT2D eigenvalue weighted by Gasteiger charge is 2.32. The third kappa shape index (κ3) is 5.85. The van der Waals surface area contributed by atoms with Crippen LogP contribution in [0.5, 0.6) is 5.75 Å². The van der Waals surface area contributed by atoms with Crippen molar-refractivity contribution in [1.82, 2.24) is 10.2 Å². The number of carbonyl (C=O) groups excluding carboxylic acids is 1. The summed E-state index contributed by atoms with van der Waals surface area (Å²) in [5.74, 6) is 0.985. The van der Waals surface area contributed by atoms with Crippen molar-refractivity contribution in [2.45, 2.75) is 13.2 Å². The lowest BCUT2D eigenvalue weighted by Gasteiger charge is -2.38. The molecular weight excluding hydrogens is 399 g/mol. The molecule has 0 unspecified atom stereocenters. The minimum absolute atomic E-state index is 0.0747. The van der Waals surface area contributed by atoms with Crippen molar-refractivity contribution in [3.63, 3.8) is 0 Å². The second-order valence-electron chi connectivity index (χ2n) is 6.86. The van der Waals surface area contributed by atoms with Crippen LogP contribution in [0, 0.1) is 5.92 Å². The maximum atomic E-state index is 11.9. The van der Waals surface area contributed by atoms with Crippen molar-refractivity contribution in [3.05, 3.63) is 63.6 Å². The van der Waals surface area contributed by atoms with E-state index in [-0.39, 0.29) is 11.8 Å². The van der Waals surface area contributed by atoms with Crippen LogP contribution in [-0.4, -0.2) is 44.2 Å². The predicted molar refractivity (Wildman–Crippen MR) is 111 cm³/mol. The van der Waals surface area contributed by atoms with E-state index in [0.717, 1.165) is 30.9 Å². The number of likely N-dealkylation sites (tertiary alicyclic amines) is 1. The lowest BCUT2D eigenvalue weighted by atomic mass is 9.98. The van der Waals surface area contributed by atoms with Gasteiger partial charge in [-0.25, -0.2) is 0 Å².